The summed E-state index contributed by atoms with van der Waals surface area (Å²) in [7, 11) is 0. The van der Waals surface area contributed by atoms with Crippen molar-refractivity contribution in [3.8, 4) is 0 Å². The molecule has 3 rings (SSSR count). The first-order chi connectivity index (χ1) is 9.63. The van der Waals surface area contributed by atoms with Gasteiger partial charge >= 0.3 is 0 Å². The Bertz CT molecular complexity index is 493. The van der Waals surface area contributed by atoms with Crippen LogP contribution in [0.3, 0.4) is 0 Å². The van der Waals surface area contributed by atoms with Crippen LogP contribution in [-0.2, 0) is 0 Å². The van der Waals surface area contributed by atoms with E-state index < -0.39 is 0 Å². The zero-order chi connectivity index (χ0) is 14.2. The molecular formula is C15H24N4O. The van der Waals surface area contributed by atoms with E-state index in [1.165, 1.54) is 6.42 Å². The van der Waals surface area contributed by atoms with Crippen LogP contribution in [0.25, 0.3) is 0 Å². The van der Waals surface area contributed by atoms with Crippen LogP contribution >= 0.6 is 0 Å². The third-order valence-corrected chi connectivity index (χ3v) is 4.64. The summed E-state index contributed by atoms with van der Waals surface area (Å²) in [6.07, 6.45) is 7.87. The second kappa shape index (κ2) is 5.20. The third kappa shape index (κ3) is 2.59. The van der Waals surface area contributed by atoms with Gasteiger partial charge in [-0.2, -0.15) is 0 Å². The summed E-state index contributed by atoms with van der Waals surface area (Å²) in [5, 5.41) is 13.3. The van der Waals surface area contributed by atoms with E-state index in [1.54, 1.807) is 0 Å². The highest BCUT2D eigenvalue weighted by molar-refractivity contribution is 5.56. The minimum Gasteiger partial charge on any atom is -0.394 e. The van der Waals surface area contributed by atoms with E-state index in [2.05, 4.69) is 15.3 Å². The fraction of sp³-hybridized carbons (Fsp3) is 0.733. The fourth-order valence-corrected chi connectivity index (χ4v) is 3.00. The van der Waals surface area contributed by atoms with Crippen molar-refractivity contribution in [3.05, 3.63) is 11.4 Å². The first kappa shape index (κ1) is 13.6. The minimum atomic E-state index is -0.232. The van der Waals surface area contributed by atoms with Gasteiger partial charge in [0.2, 0.25) is 0 Å². The lowest BCUT2D eigenvalue weighted by molar-refractivity contribution is 0.172. The highest BCUT2D eigenvalue weighted by atomic mass is 16.3. The van der Waals surface area contributed by atoms with Crippen LogP contribution in [0.5, 0.6) is 0 Å². The fourth-order valence-electron chi connectivity index (χ4n) is 3.00. The first-order valence-corrected chi connectivity index (χ1v) is 7.67. The number of nitrogens with zero attached hydrogens (tertiary/aromatic N) is 2. The van der Waals surface area contributed by atoms with Crippen molar-refractivity contribution >= 4 is 11.6 Å². The van der Waals surface area contributed by atoms with Crippen molar-refractivity contribution in [3.63, 3.8) is 0 Å². The van der Waals surface area contributed by atoms with Crippen LogP contribution < -0.4 is 11.1 Å². The van der Waals surface area contributed by atoms with Gasteiger partial charge in [-0.05, 0) is 32.6 Å². The SMILES string of the molecule is Cc1c(N)nc(C2CC2)nc1NC1(CO)CCCCC1. The molecule has 2 fully saturated rings. The first-order valence-electron chi connectivity index (χ1n) is 7.67. The molecule has 20 heavy (non-hydrogen) atoms. The van der Waals surface area contributed by atoms with Crippen LogP contribution in [0.2, 0.25) is 0 Å². The van der Waals surface area contributed by atoms with Crippen LogP contribution in [-0.4, -0.2) is 27.2 Å². The van der Waals surface area contributed by atoms with Crippen LogP contribution in [0.4, 0.5) is 11.6 Å². The molecule has 4 N–H and O–H groups in total. The molecular weight excluding hydrogens is 252 g/mol. The molecule has 1 heterocycles. The zero-order valence-corrected chi connectivity index (χ0v) is 12.2. The van der Waals surface area contributed by atoms with E-state index in [0.717, 1.165) is 55.7 Å². The maximum absolute atomic E-state index is 9.82. The van der Waals surface area contributed by atoms with Crippen molar-refractivity contribution in [2.24, 2.45) is 0 Å². The van der Waals surface area contributed by atoms with Gasteiger partial charge in [-0.15, -0.1) is 0 Å². The number of aliphatic hydroxyl groups is 1. The Morgan fingerprint density at radius 3 is 2.55 bits per heavy atom. The van der Waals surface area contributed by atoms with E-state index in [-0.39, 0.29) is 12.1 Å². The van der Waals surface area contributed by atoms with Gasteiger partial charge < -0.3 is 16.2 Å². The lowest BCUT2D eigenvalue weighted by Crippen LogP contribution is -2.44. The van der Waals surface area contributed by atoms with Crippen molar-refractivity contribution in [2.45, 2.75) is 63.3 Å². The number of nitrogens with two attached hydrogens (primary N) is 1. The van der Waals surface area contributed by atoms with Gasteiger partial charge in [0.1, 0.15) is 17.5 Å². The topological polar surface area (TPSA) is 84.1 Å². The third-order valence-electron chi connectivity index (χ3n) is 4.64. The number of aromatic nitrogens is 2. The van der Waals surface area contributed by atoms with Crippen molar-refractivity contribution in [1.29, 1.82) is 0 Å². The average Bonchev–Trinajstić information content (AvgIpc) is 3.29. The number of hydrogen-bond acceptors (Lipinski definition) is 5. The van der Waals surface area contributed by atoms with E-state index in [1.807, 2.05) is 6.92 Å². The quantitative estimate of drug-likeness (QED) is 0.786. The molecule has 0 radical (unpaired) electrons. The number of anilines is 2. The monoisotopic (exact) mass is 276 g/mol. The largest absolute Gasteiger partial charge is 0.394 e. The van der Waals surface area contributed by atoms with Gasteiger partial charge in [0.05, 0.1) is 12.1 Å². The Balaban J connectivity index is 1.88. The Kier molecular flexibility index (Phi) is 3.54. The molecule has 5 nitrogen and oxygen atoms in total. The highest BCUT2D eigenvalue weighted by Gasteiger charge is 2.33. The maximum atomic E-state index is 9.82. The summed E-state index contributed by atoms with van der Waals surface area (Å²) >= 11 is 0. The minimum absolute atomic E-state index is 0.148. The molecule has 1 aromatic rings. The van der Waals surface area contributed by atoms with Crippen LogP contribution in [0.1, 0.15) is 62.3 Å². The lowest BCUT2D eigenvalue weighted by Gasteiger charge is -2.37. The van der Waals surface area contributed by atoms with Crippen molar-refractivity contribution in [2.75, 3.05) is 17.7 Å². The summed E-state index contributed by atoms with van der Waals surface area (Å²) in [5.74, 6) is 2.72. The molecule has 2 aliphatic rings. The Hall–Kier alpha value is -1.36. The number of rotatable bonds is 4. The normalized spacial score (nSPS) is 21.7. The molecule has 0 atom stereocenters. The molecule has 1 aromatic heterocycles. The number of nitrogens with one attached hydrogen (secondary N) is 1. The summed E-state index contributed by atoms with van der Waals surface area (Å²) in [4.78, 5) is 9.07. The number of hydrogen-bond donors (Lipinski definition) is 3. The smallest absolute Gasteiger partial charge is 0.136 e. The van der Waals surface area contributed by atoms with Gasteiger partial charge in [-0.1, -0.05) is 19.3 Å². The second-order valence-corrected chi connectivity index (χ2v) is 6.34. The Labute approximate surface area is 120 Å². The van der Waals surface area contributed by atoms with E-state index in [9.17, 15) is 5.11 Å². The molecule has 0 spiro atoms. The van der Waals surface area contributed by atoms with E-state index in [4.69, 9.17) is 5.73 Å². The van der Waals surface area contributed by atoms with E-state index in [0.29, 0.717) is 11.7 Å². The summed E-state index contributed by atoms with van der Waals surface area (Å²) < 4.78 is 0. The maximum Gasteiger partial charge on any atom is 0.136 e. The van der Waals surface area contributed by atoms with Crippen LogP contribution in [0, 0.1) is 6.92 Å². The van der Waals surface area contributed by atoms with Gasteiger partial charge in [0.15, 0.2) is 0 Å². The average molecular weight is 276 g/mol. The molecule has 0 aromatic carbocycles. The van der Waals surface area contributed by atoms with Gasteiger partial charge in [0, 0.05) is 11.5 Å². The summed E-state index contributed by atoms with van der Waals surface area (Å²) in [6, 6.07) is 0. The number of nitrogen functional groups attached to an aromatic ring is 1. The predicted octanol–water partition coefficient (Wildman–Crippen LogP) is 2.35. The van der Waals surface area contributed by atoms with Crippen molar-refractivity contribution in [1.82, 2.24) is 9.97 Å². The molecule has 0 aliphatic heterocycles. The summed E-state index contributed by atoms with van der Waals surface area (Å²) in [5.41, 5.74) is 6.69. The molecule has 0 saturated heterocycles. The lowest BCUT2D eigenvalue weighted by atomic mass is 9.82. The molecule has 110 valence electrons. The molecule has 0 unspecified atom stereocenters. The predicted molar refractivity (Wildman–Crippen MR) is 79.7 cm³/mol. The van der Waals surface area contributed by atoms with E-state index >= 15 is 0 Å². The highest BCUT2D eigenvalue weighted by Crippen LogP contribution is 2.40. The standard InChI is InChI=1S/C15H24N4O/c1-10-12(16)17-14(11-5-6-11)18-13(10)19-15(9-20)7-3-2-4-8-15/h11,20H,2-9H2,1H3,(H3,16,17,18,19). The van der Waals surface area contributed by atoms with Crippen molar-refractivity contribution < 1.29 is 5.11 Å². The molecule has 2 saturated carbocycles. The van der Waals surface area contributed by atoms with Gasteiger partial charge in [-0.25, -0.2) is 9.97 Å². The molecule has 2 aliphatic carbocycles. The van der Waals surface area contributed by atoms with Gasteiger partial charge in [0.25, 0.3) is 0 Å². The second-order valence-electron chi connectivity index (χ2n) is 6.34. The number of aliphatic hydroxyl groups excluding tert-OH is 1. The molecule has 5 heteroatoms. The molecule has 0 amide bonds. The molecule has 0 bridgehead atoms. The summed E-state index contributed by atoms with van der Waals surface area (Å²) in [6.45, 7) is 2.09. The van der Waals surface area contributed by atoms with Gasteiger partial charge in [-0.3, -0.25) is 0 Å². The Morgan fingerprint density at radius 1 is 1.25 bits per heavy atom. The zero-order valence-electron chi connectivity index (χ0n) is 12.2. The van der Waals surface area contributed by atoms with Crippen LogP contribution in [0.15, 0.2) is 0 Å². The Morgan fingerprint density at radius 2 is 1.95 bits per heavy atom.